The number of hydrogen-bond donors (Lipinski definition) is 5. The molecule has 244 valence electrons. The number of para-hydroxylation sites is 1. The van der Waals surface area contributed by atoms with Crippen LogP contribution in [0.4, 0.5) is 4.79 Å². The maximum atomic E-state index is 12.8. The number of aromatic hydroxyl groups is 1. The number of rotatable bonds is 9. The smallest absolute Gasteiger partial charge is 0.407 e. The lowest BCUT2D eigenvalue weighted by Gasteiger charge is -2.19. The average Bonchev–Trinajstić information content (AvgIpc) is 3.72. The summed E-state index contributed by atoms with van der Waals surface area (Å²) in [7, 11) is 0. The second-order valence-corrected chi connectivity index (χ2v) is 13.4. The number of aromatic amines is 1. The fourth-order valence-corrected chi connectivity index (χ4v) is 6.53. The zero-order valence-electron chi connectivity index (χ0n) is 27.3. The number of carbonyl (C=O) groups is 2. The molecule has 7 rings (SSSR count). The number of phenolic OH excluding ortho intramolecular Hbond substituents is 1. The average molecular weight is 642 g/mol. The van der Waals surface area contributed by atoms with E-state index in [0.717, 1.165) is 49.9 Å². The standard InChI is InChI=1S/C39H39N5O4/c1-39(2,3)48-38(47)41-21-24-7-6-8-26(17-24)23-44-16-15-27-12-11-25(18-34(27)44)20-40-22-33-35(30-9-4-5-10-32(30)42-33)36-31-19-28(45)13-14-29(31)37(46)43-36/h4-19,36,40,42,45H,20-23H2,1-3H3,(H,41,47)(H,43,46). The summed E-state index contributed by atoms with van der Waals surface area (Å²) >= 11 is 0. The third-order valence-corrected chi connectivity index (χ3v) is 8.63. The van der Waals surface area contributed by atoms with E-state index in [4.69, 9.17) is 4.74 Å². The molecule has 9 nitrogen and oxygen atoms in total. The number of aromatic nitrogens is 2. The summed E-state index contributed by atoms with van der Waals surface area (Å²) in [6.07, 6.45) is 1.68. The van der Waals surface area contributed by atoms with Crippen LogP contribution in [0.1, 0.15) is 70.7 Å². The molecular formula is C39H39N5O4. The van der Waals surface area contributed by atoms with Gasteiger partial charge in [0.05, 0.1) is 6.04 Å². The lowest BCUT2D eigenvalue weighted by molar-refractivity contribution is 0.0523. The molecule has 0 spiro atoms. The van der Waals surface area contributed by atoms with E-state index >= 15 is 0 Å². The third kappa shape index (κ3) is 6.50. The highest BCUT2D eigenvalue weighted by atomic mass is 16.6. The van der Waals surface area contributed by atoms with Gasteiger partial charge < -0.3 is 35.3 Å². The van der Waals surface area contributed by atoms with Crippen LogP contribution < -0.4 is 16.0 Å². The van der Waals surface area contributed by atoms with Gasteiger partial charge in [-0.1, -0.05) is 54.6 Å². The van der Waals surface area contributed by atoms with Gasteiger partial charge in [-0.15, -0.1) is 0 Å². The number of nitrogens with one attached hydrogen (secondary N) is 4. The van der Waals surface area contributed by atoms with Crippen molar-refractivity contribution in [3.8, 4) is 5.75 Å². The van der Waals surface area contributed by atoms with Crippen molar-refractivity contribution in [3.05, 3.63) is 136 Å². The lowest BCUT2D eigenvalue weighted by Crippen LogP contribution is -2.32. The van der Waals surface area contributed by atoms with E-state index in [1.807, 2.05) is 51.1 Å². The first-order chi connectivity index (χ1) is 23.1. The minimum Gasteiger partial charge on any atom is -0.508 e. The Hall–Kier alpha value is -5.54. The van der Waals surface area contributed by atoms with Gasteiger partial charge in [0.15, 0.2) is 0 Å². The van der Waals surface area contributed by atoms with Crippen LogP contribution in [0.25, 0.3) is 21.8 Å². The van der Waals surface area contributed by atoms with Gasteiger partial charge >= 0.3 is 6.09 Å². The van der Waals surface area contributed by atoms with Gasteiger partial charge in [0.1, 0.15) is 11.4 Å². The normalized spacial score (nSPS) is 14.3. The number of H-pyrrole nitrogens is 1. The van der Waals surface area contributed by atoms with E-state index in [1.54, 1.807) is 18.2 Å². The van der Waals surface area contributed by atoms with Crippen molar-refractivity contribution >= 4 is 33.8 Å². The Morgan fingerprint density at radius 2 is 1.71 bits per heavy atom. The number of benzene rings is 4. The second kappa shape index (κ2) is 12.6. The molecule has 1 atom stereocenters. The van der Waals surface area contributed by atoms with E-state index in [2.05, 4.69) is 74.2 Å². The molecule has 1 aliphatic heterocycles. The highest BCUT2D eigenvalue weighted by Crippen LogP contribution is 2.38. The SMILES string of the molecule is CC(C)(C)OC(=O)NCc1cccc(Cn2ccc3ccc(CNCc4[nH]c5ccccc5c4C4NC(=O)c5ccc(O)cc54)cc32)c1. The van der Waals surface area contributed by atoms with Gasteiger partial charge in [0, 0.05) is 65.6 Å². The molecule has 1 unspecified atom stereocenters. The van der Waals surface area contributed by atoms with Gasteiger partial charge in [-0.05, 0) is 84.8 Å². The summed E-state index contributed by atoms with van der Waals surface area (Å²) in [6, 6.07) is 29.5. The van der Waals surface area contributed by atoms with E-state index in [0.29, 0.717) is 31.7 Å². The molecule has 0 bridgehead atoms. The predicted molar refractivity (Wildman–Crippen MR) is 187 cm³/mol. The minimum absolute atomic E-state index is 0.137. The first kappa shape index (κ1) is 31.1. The Kier molecular flexibility index (Phi) is 8.14. The van der Waals surface area contributed by atoms with Crippen LogP contribution in [-0.4, -0.2) is 32.3 Å². The number of amides is 2. The molecule has 6 aromatic rings. The van der Waals surface area contributed by atoms with Gasteiger partial charge in [0.25, 0.3) is 5.91 Å². The van der Waals surface area contributed by atoms with E-state index in [-0.39, 0.29) is 17.7 Å². The maximum Gasteiger partial charge on any atom is 0.407 e. The predicted octanol–water partition coefficient (Wildman–Crippen LogP) is 7.02. The fraction of sp³-hybridized carbons (Fsp3) is 0.231. The third-order valence-electron chi connectivity index (χ3n) is 8.63. The molecule has 9 heteroatoms. The number of hydrogen-bond acceptors (Lipinski definition) is 5. The van der Waals surface area contributed by atoms with Crippen LogP contribution in [0.15, 0.2) is 97.2 Å². The Labute approximate surface area is 278 Å². The monoisotopic (exact) mass is 641 g/mol. The van der Waals surface area contributed by atoms with Crippen LogP contribution in [0.2, 0.25) is 0 Å². The molecule has 1 aliphatic rings. The molecule has 4 aromatic carbocycles. The summed E-state index contributed by atoms with van der Waals surface area (Å²) in [6.45, 7) is 7.85. The fourth-order valence-electron chi connectivity index (χ4n) is 6.53. The van der Waals surface area contributed by atoms with E-state index < -0.39 is 11.7 Å². The molecule has 48 heavy (non-hydrogen) atoms. The Balaban J connectivity index is 1.06. The second-order valence-electron chi connectivity index (χ2n) is 13.4. The topological polar surface area (TPSA) is 120 Å². The number of carbonyl (C=O) groups excluding carboxylic acids is 2. The molecule has 0 fully saturated rings. The van der Waals surface area contributed by atoms with Crippen LogP contribution in [0.5, 0.6) is 5.75 Å². The molecular weight excluding hydrogens is 602 g/mol. The summed E-state index contributed by atoms with van der Waals surface area (Å²) in [5, 5.41) is 22.0. The zero-order valence-corrected chi connectivity index (χ0v) is 27.3. The first-order valence-electron chi connectivity index (χ1n) is 16.2. The highest BCUT2D eigenvalue weighted by molar-refractivity contribution is 6.01. The Morgan fingerprint density at radius 3 is 2.56 bits per heavy atom. The van der Waals surface area contributed by atoms with Gasteiger partial charge in [-0.2, -0.15) is 0 Å². The van der Waals surface area contributed by atoms with E-state index in [9.17, 15) is 14.7 Å². The number of phenols is 1. The molecule has 2 amide bonds. The van der Waals surface area contributed by atoms with Gasteiger partial charge in [0.2, 0.25) is 0 Å². The van der Waals surface area contributed by atoms with Gasteiger partial charge in [-0.3, -0.25) is 4.79 Å². The molecule has 0 aliphatic carbocycles. The summed E-state index contributed by atoms with van der Waals surface area (Å²) in [4.78, 5) is 28.5. The Morgan fingerprint density at radius 1 is 0.896 bits per heavy atom. The maximum absolute atomic E-state index is 12.8. The molecule has 0 radical (unpaired) electrons. The Bertz CT molecular complexity index is 2160. The van der Waals surface area contributed by atoms with Crippen molar-refractivity contribution in [1.29, 1.82) is 0 Å². The van der Waals surface area contributed by atoms with Crippen LogP contribution in [0.3, 0.4) is 0 Å². The molecule has 2 aromatic heterocycles. The number of ether oxygens (including phenoxy) is 1. The van der Waals surface area contributed by atoms with Crippen molar-refractivity contribution in [3.63, 3.8) is 0 Å². The summed E-state index contributed by atoms with van der Waals surface area (Å²) in [5.74, 6) is -0.00231. The van der Waals surface area contributed by atoms with Crippen molar-refractivity contribution < 1.29 is 19.4 Å². The lowest BCUT2D eigenvalue weighted by atomic mass is 9.95. The van der Waals surface area contributed by atoms with Crippen molar-refractivity contribution in [1.82, 2.24) is 25.5 Å². The van der Waals surface area contributed by atoms with Crippen molar-refractivity contribution in [2.45, 2.75) is 58.6 Å². The van der Waals surface area contributed by atoms with E-state index in [1.165, 1.54) is 5.39 Å². The number of alkyl carbamates (subject to hydrolysis) is 1. The molecule has 3 heterocycles. The summed E-state index contributed by atoms with van der Waals surface area (Å²) in [5.41, 5.74) is 8.26. The van der Waals surface area contributed by atoms with Crippen LogP contribution >= 0.6 is 0 Å². The summed E-state index contributed by atoms with van der Waals surface area (Å²) < 4.78 is 7.61. The van der Waals surface area contributed by atoms with Crippen LogP contribution in [0, 0.1) is 0 Å². The molecule has 0 saturated carbocycles. The first-order valence-corrected chi connectivity index (χ1v) is 16.2. The van der Waals surface area contributed by atoms with Crippen molar-refractivity contribution in [2.75, 3.05) is 0 Å². The van der Waals surface area contributed by atoms with Crippen molar-refractivity contribution in [2.24, 2.45) is 0 Å². The molecule has 0 saturated heterocycles. The number of nitrogens with zero attached hydrogens (tertiary/aromatic N) is 1. The zero-order chi connectivity index (χ0) is 33.4. The largest absolute Gasteiger partial charge is 0.508 e. The van der Waals surface area contributed by atoms with Gasteiger partial charge in [-0.25, -0.2) is 4.79 Å². The van der Waals surface area contributed by atoms with Crippen LogP contribution in [-0.2, 0) is 30.9 Å². The highest BCUT2D eigenvalue weighted by Gasteiger charge is 2.33. The molecule has 5 N–H and O–H groups in total. The quantitative estimate of drug-likeness (QED) is 0.116. The number of fused-ring (bicyclic) bond motifs is 3. The minimum atomic E-state index is -0.539.